The number of amides is 2. The van der Waals surface area contributed by atoms with Crippen molar-refractivity contribution >= 4 is 12.0 Å². The smallest absolute Gasteiger partial charge is 0.314 e. The molecule has 0 heterocycles. The van der Waals surface area contributed by atoms with E-state index in [9.17, 15) is 9.59 Å². The van der Waals surface area contributed by atoms with E-state index in [0.717, 1.165) is 12.8 Å². The predicted molar refractivity (Wildman–Crippen MR) is 68.5 cm³/mol. The molecule has 0 aliphatic heterocycles. The molecule has 0 aromatic carbocycles. The van der Waals surface area contributed by atoms with Gasteiger partial charge in [-0.15, -0.1) is 0 Å². The van der Waals surface area contributed by atoms with Crippen LogP contribution in [0, 0.1) is 5.92 Å². The van der Waals surface area contributed by atoms with E-state index in [1.807, 2.05) is 13.8 Å². The lowest BCUT2D eigenvalue weighted by Gasteiger charge is -2.10. The van der Waals surface area contributed by atoms with E-state index in [2.05, 4.69) is 10.6 Å². The molecule has 0 fully saturated rings. The number of hydrogen-bond donors (Lipinski definition) is 3. The molecule has 1 atom stereocenters. The van der Waals surface area contributed by atoms with Gasteiger partial charge in [0, 0.05) is 19.7 Å². The highest BCUT2D eigenvalue weighted by Crippen LogP contribution is 1.94. The first-order chi connectivity index (χ1) is 8.43. The van der Waals surface area contributed by atoms with Crippen LogP contribution in [-0.4, -0.2) is 42.9 Å². The molecule has 0 saturated carbocycles. The van der Waals surface area contributed by atoms with Crippen LogP contribution in [0.2, 0.25) is 0 Å². The third-order valence-corrected chi connectivity index (χ3v) is 2.30. The Bertz CT molecular complexity index is 256. The van der Waals surface area contributed by atoms with Crippen LogP contribution in [0.15, 0.2) is 0 Å². The number of carboxylic acids is 1. The molecule has 0 bridgehead atoms. The van der Waals surface area contributed by atoms with Crippen molar-refractivity contribution in [3.8, 4) is 0 Å². The second kappa shape index (κ2) is 9.70. The third-order valence-electron chi connectivity index (χ3n) is 2.30. The molecule has 0 aromatic rings. The van der Waals surface area contributed by atoms with Crippen molar-refractivity contribution < 1.29 is 19.4 Å². The second-order valence-electron chi connectivity index (χ2n) is 4.50. The topological polar surface area (TPSA) is 87.7 Å². The van der Waals surface area contributed by atoms with Gasteiger partial charge >= 0.3 is 12.0 Å². The Morgan fingerprint density at radius 2 is 1.83 bits per heavy atom. The standard InChI is InChI=1S/C12H24N2O4/c1-9(2)18-7-5-4-6-13-12(17)14-8-10(3)11(15)16/h9-10H,4-8H2,1-3H3,(H,15,16)(H2,13,14,17). The van der Waals surface area contributed by atoms with Crippen molar-refractivity contribution in [2.45, 2.75) is 39.7 Å². The Labute approximate surface area is 108 Å². The largest absolute Gasteiger partial charge is 0.481 e. The molecule has 0 rings (SSSR count). The minimum Gasteiger partial charge on any atom is -0.481 e. The van der Waals surface area contributed by atoms with Crippen LogP contribution in [0.1, 0.15) is 33.6 Å². The number of carboxylic acid groups (broad SMARTS) is 1. The van der Waals surface area contributed by atoms with Gasteiger partial charge in [-0.3, -0.25) is 4.79 Å². The minimum atomic E-state index is -0.916. The zero-order valence-electron chi connectivity index (χ0n) is 11.4. The van der Waals surface area contributed by atoms with E-state index < -0.39 is 11.9 Å². The van der Waals surface area contributed by atoms with E-state index in [1.54, 1.807) is 6.92 Å². The Morgan fingerprint density at radius 1 is 1.17 bits per heavy atom. The molecule has 18 heavy (non-hydrogen) atoms. The number of aliphatic carboxylic acids is 1. The van der Waals surface area contributed by atoms with Crippen molar-refractivity contribution in [3.63, 3.8) is 0 Å². The molecule has 0 aliphatic rings. The predicted octanol–water partition coefficient (Wildman–Crippen LogP) is 1.21. The van der Waals surface area contributed by atoms with Gasteiger partial charge in [0.1, 0.15) is 0 Å². The van der Waals surface area contributed by atoms with E-state index in [1.165, 1.54) is 0 Å². The zero-order valence-corrected chi connectivity index (χ0v) is 11.4. The lowest BCUT2D eigenvalue weighted by molar-refractivity contribution is -0.140. The van der Waals surface area contributed by atoms with Crippen LogP contribution in [0.5, 0.6) is 0 Å². The molecular formula is C12H24N2O4. The maximum atomic E-state index is 11.3. The number of unbranched alkanes of at least 4 members (excludes halogenated alkanes) is 1. The number of hydrogen-bond acceptors (Lipinski definition) is 3. The average molecular weight is 260 g/mol. The number of nitrogens with one attached hydrogen (secondary N) is 2. The summed E-state index contributed by atoms with van der Waals surface area (Å²) < 4.78 is 5.36. The quantitative estimate of drug-likeness (QED) is 0.544. The third kappa shape index (κ3) is 9.89. The lowest BCUT2D eigenvalue weighted by atomic mass is 10.2. The molecule has 2 amide bonds. The van der Waals surface area contributed by atoms with E-state index in [0.29, 0.717) is 13.2 Å². The van der Waals surface area contributed by atoms with Crippen molar-refractivity contribution in [3.05, 3.63) is 0 Å². The van der Waals surface area contributed by atoms with Gasteiger partial charge in [-0.05, 0) is 26.7 Å². The van der Waals surface area contributed by atoms with Crippen LogP contribution in [0.4, 0.5) is 4.79 Å². The van der Waals surface area contributed by atoms with Crippen LogP contribution >= 0.6 is 0 Å². The SMILES string of the molecule is CC(C)OCCCCNC(=O)NCC(C)C(=O)O. The number of rotatable bonds is 9. The van der Waals surface area contributed by atoms with E-state index in [4.69, 9.17) is 9.84 Å². The Kier molecular flexibility index (Phi) is 9.00. The van der Waals surface area contributed by atoms with Crippen LogP contribution in [-0.2, 0) is 9.53 Å². The molecule has 1 unspecified atom stereocenters. The lowest BCUT2D eigenvalue weighted by Crippen LogP contribution is -2.39. The Morgan fingerprint density at radius 3 is 2.39 bits per heavy atom. The summed E-state index contributed by atoms with van der Waals surface area (Å²) in [6, 6.07) is -0.326. The molecule has 0 aliphatic carbocycles. The van der Waals surface area contributed by atoms with Gasteiger partial charge in [0.05, 0.1) is 12.0 Å². The van der Waals surface area contributed by atoms with E-state index >= 15 is 0 Å². The average Bonchev–Trinajstić information content (AvgIpc) is 2.29. The van der Waals surface area contributed by atoms with Gasteiger partial charge in [-0.1, -0.05) is 6.92 Å². The first-order valence-electron chi connectivity index (χ1n) is 6.29. The van der Waals surface area contributed by atoms with Gasteiger partial charge < -0.3 is 20.5 Å². The summed E-state index contributed by atoms with van der Waals surface area (Å²) >= 11 is 0. The Balaban J connectivity index is 3.40. The maximum Gasteiger partial charge on any atom is 0.314 e. The summed E-state index contributed by atoms with van der Waals surface area (Å²) in [6.07, 6.45) is 1.97. The van der Waals surface area contributed by atoms with Gasteiger partial charge in [0.2, 0.25) is 0 Å². The monoisotopic (exact) mass is 260 g/mol. The molecule has 6 heteroatoms. The fourth-order valence-electron chi connectivity index (χ4n) is 1.14. The van der Waals surface area contributed by atoms with Gasteiger partial charge in [0.15, 0.2) is 0 Å². The number of carbonyl (C=O) groups is 2. The summed E-state index contributed by atoms with van der Waals surface area (Å²) in [7, 11) is 0. The van der Waals surface area contributed by atoms with Gasteiger partial charge in [0.25, 0.3) is 0 Å². The molecule has 0 saturated heterocycles. The van der Waals surface area contributed by atoms with Crippen molar-refractivity contribution in [1.82, 2.24) is 10.6 Å². The maximum absolute atomic E-state index is 11.3. The summed E-state index contributed by atoms with van der Waals surface area (Å²) in [4.78, 5) is 21.8. The summed E-state index contributed by atoms with van der Waals surface area (Å²) in [5.41, 5.74) is 0. The summed E-state index contributed by atoms with van der Waals surface area (Å²) in [6.45, 7) is 6.90. The van der Waals surface area contributed by atoms with Crippen molar-refractivity contribution in [1.29, 1.82) is 0 Å². The Hall–Kier alpha value is -1.30. The summed E-state index contributed by atoms with van der Waals surface area (Å²) in [5.74, 6) is -1.49. The van der Waals surface area contributed by atoms with E-state index in [-0.39, 0.29) is 18.7 Å². The normalized spacial score (nSPS) is 12.2. The van der Waals surface area contributed by atoms with Gasteiger partial charge in [-0.2, -0.15) is 0 Å². The van der Waals surface area contributed by atoms with Gasteiger partial charge in [-0.25, -0.2) is 4.79 Å². The molecule has 0 radical (unpaired) electrons. The first kappa shape index (κ1) is 16.7. The second-order valence-corrected chi connectivity index (χ2v) is 4.50. The molecule has 3 N–H and O–H groups in total. The van der Waals surface area contributed by atoms with Crippen molar-refractivity contribution in [2.24, 2.45) is 5.92 Å². The first-order valence-corrected chi connectivity index (χ1v) is 6.29. The minimum absolute atomic E-state index is 0.137. The van der Waals surface area contributed by atoms with Crippen LogP contribution in [0.25, 0.3) is 0 Å². The summed E-state index contributed by atoms with van der Waals surface area (Å²) in [5, 5.41) is 13.8. The van der Waals surface area contributed by atoms with Crippen molar-refractivity contribution in [2.75, 3.05) is 19.7 Å². The fourth-order valence-corrected chi connectivity index (χ4v) is 1.14. The highest BCUT2D eigenvalue weighted by molar-refractivity contribution is 5.75. The molecule has 106 valence electrons. The number of urea groups is 1. The molecule has 0 spiro atoms. The molecule has 6 nitrogen and oxygen atoms in total. The molecular weight excluding hydrogens is 236 g/mol. The highest BCUT2D eigenvalue weighted by Gasteiger charge is 2.11. The zero-order chi connectivity index (χ0) is 14.0. The highest BCUT2D eigenvalue weighted by atomic mass is 16.5. The van der Waals surface area contributed by atoms with Crippen LogP contribution in [0.3, 0.4) is 0 Å². The number of ether oxygens (including phenoxy) is 1. The fraction of sp³-hybridized carbons (Fsp3) is 0.833. The number of carbonyl (C=O) groups excluding carboxylic acids is 1. The molecule has 0 aromatic heterocycles. The van der Waals surface area contributed by atoms with Crippen LogP contribution < -0.4 is 10.6 Å².